The van der Waals surface area contributed by atoms with E-state index in [1.807, 2.05) is 19.1 Å². The number of benzene rings is 3. The largest absolute Gasteiger partial charge is 0.493 e. The molecule has 14 heteroatoms. The normalized spacial score (nSPS) is 19.1. The number of carbonyl (C=O) groups is 3. The molecule has 2 unspecified atom stereocenters. The summed E-state index contributed by atoms with van der Waals surface area (Å²) in [5, 5.41) is 2.01. The van der Waals surface area contributed by atoms with Crippen LogP contribution in [0.1, 0.15) is 27.5 Å². The molecule has 4 aromatic rings. The first kappa shape index (κ1) is 31.4. The van der Waals surface area contributed by atoms with Crippen LogP contribution in [0.25, 0.3) is 0 Å². The number of hydrogen-bond acceptors (Lipinski definition) is 8. The molecule has 2 aliphatic rings. The van der Waals surface area contributed by atoms with Crippen LogP contribution in [0.2, 0.25) is 0 Å². The van der Waals surface area contributed by atoms with Crippen LogP contribution in [-0.2, 0) is 27.1 Å². The fourth-order valence-electron chi connectivity index (χ4n) is 5.72. The number of amides is 3. The predicted octanol–water partition coefficient (Wildman–Crippen LogP) is 5.69. The van der Waals surface area contributed by atoms with Crippen molar-refractivity contribution in [3.05, 3.63) is 98.0 Å². The first-order valence-corrected chi connectivity index (χ1v) is 15.6. The third-order valence-corrected chi connectivity index (χ3v) is 10.5. The van der Waals surface area contributed by atoms with E-state index in [0.29, 0.717) is 32.7 Å². The van der Waals surface area contributed by atoms with Gasteiger partial charge in [0.25, 0.3) is 0 Å². The van der Waals surface area contributed by atoms with E-state index in [0.717, 1.165) is 51.8 Å². The van der Waals surface area contributed by atoms with Crippen molar-refractivity contribution >= 4 is 52.2 Å². The Hall–Kier alpha value is -4.56. The molecule has 0 bridgehead atoms. The van der Waals surface area contributed by atoms with E-state index >= 15 is 0 Å². The molecule has 0 saturated carbocycles. The van der Waals surface area contributed by atoms with Crippen LogP contribution in [-0.4, -0.2) is 41.8 Å². The van der Waals surface area contributed by atoms with Gasteiger partial charge in [-0.2, -0.15) is 13.2 Å². The summed E-state index contributed by atoms with van der Waals surface area (Å²) >= 11 is 1.82. The number of carbonyl (C=O) groups excluding carboxylic acids is 3. The summed E-state index contributed by atoms with van der Waals surface area (Å²) in [7, 11) is 2.90. The van der Waals surface area contributed by atoms with Gasteiger partial charge in [0, 0.05) is 16.5 Å². The summed E-state index contributed by atoms with van der Waals surface area (Å²) in [6.07, 6.45) is -4.69. The summed E-state index contributed by atoms with van der Waals surface area (Å²) in [4.78, 5) is 55.3. The molecule has 1 N–H and O–H groups in total. The lowest BCUT2D eigenvalue weighted by Gasteiger charge is -2.31. The van der Waals surface area contributed by atoms with Crippen molar-refractivity contribution in [2.75, 3.05) is 24.4 Å². The Morgan fingerprint density at radius 2 is 1.65 bits per heavy atom. The average molecular weight is 670 g/mol. The van der Waals surface area contributed by atoms with Gasteiger partial charge in [-0.05, 0) is 55.0 Å². The number of imide groups is 1. The Labute approximate surface area is 268 Å². The van der Waals surface area contributed by atoms with Crippen LogP contribution in [0.15, 0.2) is 76.6 Å². The maximum Gasteiger partial charge on any atom is 0.416 e. The summed E-state index contributed by atoms with van der Waals surface area (Å²) in [5.41, 5.74) is 0.861. The number of thioether (sulfide) groups is 1. The topological polar surface area (TPSA) is 107 Å². The van der Waals surface area contributed by atoms with Gasteiger partial charge >= 0.3 is 11.0 Å². The van der Waals surface area contributed by atoms with Crippen LogP contribution < -0.4 is 24.6 Å². The molecular weight excluding hydrogens is 643 g/mol. The molecule has 46 heavy (non-hydrogen) atoms. The molecule has 0 aliphatic carbocycles. The van der Waals surface area contributed by atoms with Crippen molar-refractivity contribution < 1.29 is 37.0 Å². The lowest BCUT2D eigenvalue weighted by Crippen LogP contribution is -2.33. The molecule has 238 valence electrons. The Kier molecular flexibility index (Phi) is 8.19. The van der Waals surface area contributed by atoms with Gasteiger partial charge in [-0.1, -0.05) is 52.9 Å². The molecule has 1 saturated heterocycles. The van der Waals surface area contributed by atoms with Crippen LogP contribution in [0.3, 0.4) is 0 Å². The summed E-state index contributed by atoms with van der Waals surface area (Å²) in [6, 6.07) is 16.1. The van der Waals surface area contributed by atoms with Gasteiger partial charge in [0.15, 0.2) is 11.5 Å². The summed E-state index contributed by atoms with van der Waals surface area (Å²) < 4.78 is 52.8. The number of methoxy groups -OCH3 is 2. The van der Waals surface area contributed by atoms with E-state index in [1.165, 1.54) is 24.9 Å². The standard InChI is InChI=1S/C32H26F3N3O6S2/c1-16-7-10-19(11-8-16)36-23(39)15-37-30-27(46-31(37)42)24(17-9-12-21(43-2)22(13-17)44-3)25-26(45-30)29(41)38(28(25)40)20-6-4-5-18(14-20)32(33,34)35/h4-14,24-26H,15H2,1-3H3,(H,36,39)/t24-,25?,26?/m0/s1. The molecular formula is C32H26F3N3O6S2. The lowest BCUT2D eigenvalue weighted by molar-refractivity contribution is -0.137. The fraction of sp³-hybridized carbons (Fsp3) is 0.250. The highest BCUT2D eigenvalue weighted by atomic mass is 32.2. The van der Waals surface area contributed by atoms with Gasteiger partial charge in [-0.15, -0.1) is 0 Å². The smallest absolute Gasteiger partial charge is 0.416 e. The molecule has 9 nitrogen and oxygen atoms in total. The number of ether oxygens (including phenoxy) is 2. The van der Waals surface area contributed by atoms with E-state index in [9.17, 15) is 32.3 Å². The fourth-order valence-corrected chi connectivity index (χ4v) is 8.49. The summed E-state index contributed by atoms with van der Waals surface area (Å²) in [6.45, 7) is 1.55. The molecule has 6 rings (SSSR count). The van der Waals surface area contributed by atoms with Crippen LogP contribution in [0.5, 0.6) is 11.5 Å². The molecule has 3 atom stereocenters. The third kappa shape index (κ3) is 5.55. The lowest BCUT2D eigenvalue weighted by atomic mass is 9.83. The summed E-state index contributed by atoms with van der Waals surface area (Å²) in [5.74, 6) is -3.06. The zero-order valence-corrected chi connectivity index (χ0v) is 26.2. The Balaban J connectivity index is 1.44. The first-order valence-electron chi connectivity index (χ1n) is 13.9. The second kappa shape index (κ2) is 12.0. The maximum absolute atomic E-state index is 14.1. The Morgan fingerprint density at radius 3 is 2.33 bits per heavy atom. The van der Waals surface area contributed by atoms with Crippen molar-refractivity contribution in [2.45, 2.75) is 35.8 Å². The monoisotopic (exact) mass is 669 g/mol. The number of alkyl halides is 3. The van der Waals surface area contributed by atoms with Crippen molar-refractivity contribution in [3.63, 3.8) is 0 Å². The number of nitrogens with zero attached hydrogens (tertiary/aromatic N) is 2. The molecule has 0 spiro atoms. The van der Waals surface area contributed by atoms with Gasteiger partial charge in [0.05, 0.1) is 36.4 Å². The average Bonchev–Trinajstić information content (AvgIpc) is 3.47. The Morgan fingerprint density at radius 1 is 0.935 bits per heavy atom. The minimum absolute atomic E-state index is 0.205. The number of thiazole rings is 1. The molecule has 3 aromatic carbocycles. The SMILES string of the molecule is COc1ccc([C@@H]2c3sc(=O)n(CC(=O)Nc4ccc(C)cc4)c3SC3C(=O)N(c4cccc(C(F)(F)F)c4)C(=O)C32)cc1OC. The van der Waals surface area contributed by atoms with E-state index in [2.05, 4.69) is 5.32 Å². The molecule has 1 fully saturated rings. The number of nitrogens with one attached hydrogen (secondary N) is 1. The van der Waals surface area contributed by atoms with Gasteiger partial charge < -0.3 is 14.8 Å². The highest BCUT2D eigenvalue weighted by molar-refractivity contribution is 8.00. The quantitative estimate of drug-likeness (QED) is 0.252. The van der Waals surface area contributed by atoms with Crippen LogP contribution in [0, 0.1) is 12.8 Å². The number of aryl methyl sites for hydroxylation is 1. The third-order valence-electron chi connectivity index (χ3n) is 7.88. The Bertz CT molecular complexity index is 1920. The van der Waals surface area contributed by atoms with Crippen LogP contribution in [0.4, 0.5) is 24.5 Å². The zero-order chi connectivity index (χ0) is 32.9. The van der Waals surface area contributed by atoms with E-state index in [-0.39, 0.29) is 12.2 Å². The number of fused-ring (bicyclic) bond motifs is 2. The number of halogens is 3. The van der Waals surface area contributed by atoms with Crippen molar-refractivity contribution in [1.29, 1.82) is 0 Å². The second-order valence-corrected chi connectivity index (χ2v) is 12.9. The van der Waals surface area contributed by atoms with E-state index < -0.39 is 51.4 Å². The molecule has 3 amide bonds. The number of anilines is 2. The second-order valence-electron chi connectivity index (χ2n) is 10.8. The van der Waals surface area contributed by atoms with E-state index in [4.69, 9.17) is 9.47 Å². The maximum atomic E-state index is 14.1. The van der Waals surface area contributed by atoms with Crippen molar-refractivity contribution in [2.24, 2.45) is 5.92 Å². The molecule has 2 aliphatic heterocycles. The van der Waals surface area contributed by atoms with Crippen molar-refractivity contribution in [1.82, 2.24) is 4.57 Å². The zero-order valence-electron chi connectivity index (χ0n) is 24.6. The molecule has 1 aromatic heterocycles. The highest BCUT2D eigenvalue weighted by Gasteiger charge is 2.57. The van der Waals surface area contributed by atoms with Crippen LogP contribution >= 0.6 is 23.1 Å². The van der Waals surface area contributed by atoms with E-state index in [1.54, 1.807) is 30.3 Å². The first-order chi connectivity index (χ1) is 21.9. The number of rotatable bonds is 7. The number of hydrogen-bond donors (Lipinski definition) is 1. The van der Waals surface area contributed by atoms with Gasteiger partial charge in [0.1, 0.15) is 11.8 Å². The highest BCUT2D eigenvalue weighted by Crippen LogP contribution is 2.54. The molecule has 3 heterocycles. The minimum Gasteiger partial charge on any atom is -0.493 e. The minimum atomic E-state index is -4.69. The van der Waals surface area contributed by atoms with Gasteiger partial charge in [-0.25, -0.2) is 4.90 Å². The van der Waals surface area contributed by atoms with Gasteiger partial charge in [0.2, 0.25) is 17.7 Å². The molecule has 0 radical (unpaired) electrons. The van der Waals surface area contributed by atoms with Crippen molar-refractivity contribution in [3.8, 4) is 11.5 Å². The van der Waals surface area contributed by atoms with Gasteiger partial charge in [-0.3, -0.25) is 23.7 Å². The number of aromatic nitrogens is 1. The predicted molar refractivity (Wildman–Crippen MR) is 167 cm³/mol.